The van der Waals surface area contributed by atoms with E-state index in [0.29, 0.717) is 0 Å². The van der Waals surface area contributed by atoms with Gasteiger partial charge in [-0.05, 0) is 36.2 Å². The van der Waals surface area contributed by atoms with Crippen molar-refractivity contribution in [2.24, 2.45) is 0 Å². The number of nitrogens with one attached hydrogen (secondary N) is 1. The lowest BCUT2D eigenvalue weighted by molar-refractivity contribution is 0.521. The summed E-state index contributed by atoms with van der Waals surface area (Å²) < 4.78 is 53.4. The SMILES string of the molecule is CCCc1ccc(NS(=O)(=O)c2c(F)cccc2F)cc1. The summed E-state index contributed by atoms with van der Waals surface area (Å²) in [6, 6.07) is 9.62. The van der Waals surface area contributed by atoms with Gasteiger partial charge in [0.15, 0.2) is 4.90 Å². The van der Waals surface area contributed by atoms with E-state index in [-0.39, 0.29) is 5.69 Å². The van der Waals surface area contributed by atoms with Crippen LogP contribution in [0.1, 0.15) is 18.9 Å². The predicted octanol–water partition coefficient (Wildman–Crippen LogP) is 3.72. The van der Waals surface area contributed by atoms with Crippen molar-refractivity contribution >= 4 is 15.7 Å². The molecule has 112 valence electrons. The molecule has 0 unspecified atom stereocenters. The Morgan fingerprint density at radius 2 is 1.57 bits per heavy atom. The minimum Gasteiger partial charge on any atom is -0.279 e. The second kappa shape index (κ2) is 6.22. The second-order valence-electron chi connectivity index (χ2n) is 4.60. The maximum Gasteiger partial charge on any atom is 0.267 e. The van der Waals surface area contributed by atoms with E-state index in [0.717, 1.165) is 36.6 Å². The zero-order chi connectivity index (χ0) is 15.5. The Balaban J connectivity index is 2.29. The van der Waals surface area contributed by atoms with Gasteiger partial charge in [-0.1, -0.05) is 31.5 Å². The highest BCUT2D eigenvalue weighted by Gasteiger charge is 2.23. The highest BCUT2D eigenvalue weighted by Crippen LogP contribution is 2.22. The fourth-order valence-corrected chi connectivity index (χ4v) is 3.17. The average Bonchev–Trinajstić information content (AvgIpc) is 2.40. The molecule has 0 saturated heterocycles. The number of aryl methyl sites for hydroxylation is 1. The van der Waals surface area contributed by atoms with Crippen LogP contribution in [0.2, 0.25) is 0 Å². The van der Waals surface area contributed by atoms with E-state index in [1.54, 1.807) is 24.3 Å². The Labute approximate surface area is 122 Å². The number of hydrogen-bond donors (Lipinski definition) is 1. The van der Waals surface area contributed by atoms with E-state index >= 15 is 0 Å². The van der Waals surface area contributed by atoms with Crippen molar-refractivity contribution < 1.29 is 17.2 Å². The number of benzene rings is 2. The molecule has 0 saturated carbocycles. The van der Waals surface area contributed by atoms with Crippen LogP contribution in [0, 0.1) is 11.6 Å². The molecule has 0 radical (unpaired) electrons. The molecular formula is C15H15F2NO2S. The maximum atomic E-state index is 13.6. The van der Waals surface area contributed by atoms with Crippen LogP contribution < -0.4 is 4.72 Å². The van der Waals surface area contributed by atoms with Crippen molar-refractivity contribution in [3.05, 3.63) is 59.7 Å². The minimum absolute atomic E-state index is 0.262. The van der Waals surface area contributed by atoms with Gasteiger partial charge in [0.1, 0.15) is 11.6 Å². The second-order valence-corrected chi connectivity index (χ2v) is 6.22. The topological polar surface area (TPSA) is 46.2 Å². The first-order valence-corrected chi connectivity index (χ1v) is 7.98. The third-order valence-corrected chi connectivity index (χ3v) is 4.36. The van der Waals surface area contributed by atoms with Crippen LogP contribution in [0.15, 0.2) is 47.4 Å². The van der Waals surface area contributed by atoms with Gasteiger partial charge < -0.3 is 0 Å². The third-order valence-electron chi connectivity index (χ3n) is 2.93. The summed E-state index contributed by atoms with van der Waals surface area (Å²) in [5, 5.41) is 0. The number of hydrogen-bond acceptors (Lipinski definition) is 2. The number of rotatable bonds is 5. The summed E-state index contributed by atoms with van der Waals surface area (Å²) in [7, 11) is -4.30. The van der Waals surface area contributed by atoms with E-state index in [4.69, 9.17) is 0 Å². The van der Waals surface area contributed by atoms with E-state index in [9.17, 15) is 17.2 Å². The maximum absolute atomic E-state index is 13.6. The summed E-state index contributed by atoms with van der Waals surface area (Å²) in [5.41, 5.74) is 1.33. The zero-order valence-electron chi connectivity index (χ0n) is 11.4. The molecule has 0 spiro atoms. The predicted molar refractivity (Wildman–Crippen MR) is 77.6 cm³/mol. The standard InChI is InChI=1S/C15H15F2NO2S/c1-2-4-11-7-9-12(10-8-11)18-21(19,20)15-13(16)5-3-6-14(15)17/h3,5-10,18H,2,4H2,1H3. The molecule has 2 aromatic carbocycles. The van der Waals surface area contributed by atoms with Crippen molar-refractivity contribution in [3.63, 3.8) is 0 Å². The number of halogens is 2. The smallest absolute Gasteiger partial charge is 0.267 e. The molecule has 0 amide bonds. The first-order chi connectivity index (χ1) is 9.94. The lowest BCUT2D eigenvalue weighted by Gasteiger charge is -2.10. The quantitative estimate of drug-likeness (QED) is 0.915. The Bertz CT molecular complexity index is 708. The van der Waals surface area contributed by atoms with Crippen molar-refractivity contribution in [1.29, 1.82) is 0 Å². The Kier molecular flexibility index (Phi) is 4.57. The van der Waals surface area contributed by atoms with E-state index < -0.39 is 26.6 Å². The van der Waals surface area contributed by atoms with Crippen LogP contribution in [0.4, 0.5) is 14.5 Å². The van der Waals surface area contributed by atoms with Crippen molar-refractivity contribution in [1.82, 2.24) is 0 Å². The van der Waals surface area contributed by atoms with Crippen LogP contribution in [0.5, 0.6) is 0 Å². The summed E-state index contributed by atoms with van der Waals surface area (Å²) in [5.74, 6) is -2.24. The Morgan fingerprint density at radius 1 is 1.00 bits per heavy atom. The summed E-state index contributed by atoms with van der Waals surface area (Å²) in [4.78, 5) is -0.970. The van der Waals surface area contributed by atoms with Gasteiger partial charge in [0, 0.05) is 5.69 Å². The largest absolute Gasteiger partial charge is 0.279 e. The lowest BCUT2D eigenvalue weighted by Crippen LogP contribution is -2.16. The van der Waals surface area contributed by atoms with Crippen LogP contribution >= 0.6 is 0 Å². The van der Waals surface area contributed by atoms with Crippen LogP contribution in [-0.4, -0.2) is 8.42 Å². The molecule has 0 bridgehead atoms. The Hall–Kier alpha value is -1.95. The van der Waals surface area contributed by atoms with Gasteiger partial charge in [-0.15, -0.1) is 0 Å². The van der Waals surface area contributed by atoms with E-state index in [2.05, 4.69) is 4.72 Å². The molecule has 0 aromatic heterocycles. The third kappa shape index (κ3) is 3.58. The highest BCUT2D eigenvalue weighted by atomic mass is 32.2. The molecular weight excluding hydrogens is 296 g/mol. The molecule has 1 N–H and O–H groups in total. The van der Waals surface area contributed by atoms with Gasteiger partial charge in [0.2, 0.25) is 0 Å². The molecule has 6 heteroatoms. The molecule has 3 nitrogen and oxygen atoms in total. The fraction of sp³-hybridized carbons (Fsp3) is 0.200. The molecule has 0 atom stereocenters. The first kappa shape index (κ1) is 15.4. The fourth-order valence-electron chi connectivity index (χ4n) is 1.97. The van der Waals surface area contributed by atoms with Gasteiger partial charge in [-0.3, -0.25) is 4.72 Å². The molecule has 0 heterocycles. The minimum atomic E-state index is -4.30. The van der Waals surface area contributed by atoms with Crippen LogP contribution in [-0.2, 0) is 16.4 Å². The number of anilines is 1. The van der Waals surface area contributed by atoms with Crippen molar-refractivity contribution in [2.45, 2.75) is 24.7 Å². The summed E-state index contributed by atoms with van der Waals surface area (Å²) >= 11 is 0. The van der Waals surface area contributed by atoms with Gasteiger partial charge in [-0.25, -0.2) is 17.2 Å². The van der Waals surface area contributed by atoms with Gasteiger partial charge in [0.05, 0.1) is 0 Å². The van der Waals surface area contributed by atoms with Crippen LogP contribution in [0.3, 0.4) is 0 Å². The molecule has 0 aliphatic heterocycles. The normalized spacial score (nSPS) is 11.4. The average molecular weight is 311 g/mol. The molecule has 0 fully saturated rings. The van der Waals surface area contributed by atoms with Crippen molar-refractivity contribution in [3.8, 4) is 0 Å². The molecule has 2 rings (SSSR count). The molecule has 2 aromatic rings. The lowest BCUT2D eigenvalue weighted by atomic mass is 10.1. The van der Waals surface area contributed by atoms with Gasteiger partial charge >= 0.3 is 0 Å². The summed E-state index contributed by atoms with van der Waals surface area (Å²) in [6.45, 7) is 2.04. The van der Waals surface area contributed by atoms with Gasteiger partial charge in [0.25, 0.3) is 10.0 Å². The number of sulfonamides is 1. The first-order valence-electron chi connectivity index (χ1n) is 6.50. The van der Waals surface area contributed by atoms with E-state index in [1.807, 2.05) is 6.92 Å². The van der Waals surface area contributed by atoms with Crippen LogP contribution in [0.25, 0.3) is 0 Å². The molecule has 0 aliphatic carbocycles. The highest BCUT2D eigenvalue weighted by molar-refractivity contribution is 7.92. The zero-order valence-corrected chi connectivity index (χ0v) is 12.3. The van der Waals surface area contributed by atoms with Crippen molar-refractivity contribution in [2.75, 3.05) is 4.72 Å². The van der Waals surface area contributed by atoms with E-state index in [1.165, 1.54) is 0 Å². The summed E-state index contributed by atoms with van der Waals surface area (Å²) in [6.07, 6.45) is 1.86. The molecule has 0 aliphatic rings. The monoisotopic (exact) mass is 311 g/mol. The van der Waals surface area contributed by atoms with Gasteiger partial charge in [-0.2, -0.15) is 0 Å². The Morgan fingerprint density at radius 3 is 2.10 bits per heavy atom. The molecule has 21 heavy (non-hydrogen) atoms.